The van der Waals surface area contributed by atoms with E-state index in [2.05, 4.69) is 0 Å². The lowest BCUT2D eigenvalue weighted by Gasteiger charge is -2.18. The van der Waals surface area contributed by atoms with Gasteiger partial charge in [-0.15, -0.1) is 0 Å². The molecule has 2 aromatic rings. The molecule has 10 heteroatoms. The number of benzene rings is 2. The van der Waals surface area contributed by atoms with Gasteiger partial charge in [-0.2, -0.15) is 27.2 Å². The highest BCUT2D eigenvalue weighted by Crippen LogP contribution is 2.38. The van der Waals surface area contributed by atoms with Crippen LogP contribution < -0.4 is 15.2 Å². The molecule has 162 valence electrons. The molecule has 2 N–H and O–H groups in total. The van der Waals surface area contributed by atoms with Crippen LogP contribution in [0.1, 0.15) is 29.2 Å². The van der Waals surface area contributed by atoms with E-state index in [4.69, 9.17) is 20.5 Å². The first-order chi connectivity index (χ1) is 14.0. The van der Waals surface area contributed by atoms with Gasteiger partial charge in [-0.05, 0) is 35.9 Å². The summed E-state index contributed by atoms with van der Waals surface area (Å²) in [6, 6.07) is 8.97. The number of nitrogens with two attached hydrogens (primary N) is 1. The van der Waals surface area contributed by atoms with Crippen molar-refractivity contribution in [1.29, 1.82) is 5.26 Å². The van der Waals surface area contributed by atoms with Crippen LogP contribution in [0.3, 0.4) is 0 Å². The first-order valence-electron chi connectivity index (χ1n) is 8.82. The van der Waals surface area contributed by atoms with Gasteiger partial charge in [0.05, 0.1) is 30.4 Å². The summed E-state index contributed by atoms with van der Waals surface area (Å²) >= 11 is 0. The Bertz CT molecular complexity index is 923. The van der Waals surface area contributed by atoms with Crippen LogP contribution in [0.25, 0.3) is 0 Å². The maximum Gasteiger partial charge on any atom is 0.416 e. The molecule has 0 bridgehead atoms. The molecule has 30 heavy (non-hydrogen) atoms. The first-order valence-corrected chi connectivity index (χ1v) is 9.40. The number of ether oxygens (including phenoxy) is 2. The lowest BCUT2D eigenvalue weighted by atomic mass is 10.1. The Morgan fingerprint density at radius 3 is 2.00 bits per heavy atom. The Labute approximate surface area is 173 Å². The van der Waals surface area contributed by atoms with E-state index in [9.17, 15) is 22.0 Å². The molecule has 0 fully saturated rings. The normalized spacial score (nSPS) is 12.9. The maximum absolute atomic E-state index is 13.6. The molecule has 0 radical (unpaired) electrons. The van der Waals surface area contributed by atoms with Crippen molar-refractivity contribution in [2.75, 3.05) is 13.2 Å². The fourth-order valence-corrected chi connectivity index (χ4v) is 2.84. The first kappa shape index (κ1) is 23.8. The van der Waals surface area contributed by atoms with E-state index in [-0.39, 0.29) is 48.3 Å². The summed E-state index contributed by atoms with van der Waals surface area (Å²) in [7, 11) is 1.37. The van der Waals surface area contributed by atoms with Crippen molar-refractivity contribution < 1.29 is 31.4 Å². The molecular formula is C20H20F5N2O2P. The van der Waals surface area contributed by atoms with Crippen molar-refractivity contribution in [2.45, 2.75) is 25.3 Å². The average Bonchev–Trinajstić information content (AvgIpc) is 2.68. The molecule has 0 aliphatic heterocycles. The van der Waals surface area contributed by atoms with Gasteiger partial charge in [0, 0.05) is 18.0 Å². The predicted molar refractivity (Wildman–Crippen MR) is 104 cm³/mol. The zero-order valence-corrected chi connectivity index (χ0v) is 17.1. The monoisotopic (exact) mass is 446 g/mol. The van der Waals surface area contributed by atoms with Gasteiger partial charge in [-0.3, -0.25) is 0 Å². The Balaban J connectivity index is 1.99. The summed E-state index contributed by atoms with van der Waals surface area (Å²) < 4.78 is 77.4. The average molecular weight is 446 g/mol. The van der Waals surface area contributed by atoms with Crippen LogP contribution in [0.2, 0.25) is 0 Å². The van der Waals surface area contributed by atoms with Gasteiger partial charge in [-0.25, -0.2) is 0 Å². The molecule has 4 nitrogen and oxygen atoms in total. The van der Waals surface area contributed by atoms with Crippen LogP contribution in [0.5, 0.6) is 11.5 Å². The van der Waals surface area contributed by atoms with Crippen molar-refractivity contribution in [3.05, 3.63) is 58.7 Å². The van der Waals surface area contributed by atoms with Crippen LogP contribution in [0, 0.1) is 17.2 Å². The molecule has 0 aromatic heterocycles. The molecule has 0 spiro atoms. The fraction of sp³-hybridized carbons (Fsp3) is 0.350. The molecule has 0 aliphatic rings. The van der Waals surface area contributed by atoms with Crippen molar-refractivity contribution >= 4 is 9.24 Å². The number of hydrogen-bond acceptors (Lipinski definition) is 4. The van der Waals surface area contributed by atoms with E-state index in [0.717, 1.165) is 12.1 Å². The minimum atomic E-state index is -4.55. The van der Waals surface area contributed by atoms with Crippen molar-refractivity contribution in [1.82, 2.24) is 0 Å². The van der Waals surface area contributed by atoms with E-state index in [1.165, 1.54) is 33.5 Å². The number of nitrogens with zero attached hydrogens (tertiary/aromatic N) is 1. The highest BCUT2D eigenvalue weighted by molar-refractivity contribution is 7.17. The van der Waals surface area contributed by atoms with Crippen molar-refractivity contribution in [3.8, 4) is 17.6 Å². The second-order valence-electron chi connectivity index (χ2n) is 6.69. The standard InChI is InChI=1S/C20H20F5N2O2P/c1-12(10-28-15-4-2-13(8-26)17(6-15)19(21,22)23)11-29-16-5-3-14(9-27)18(7-16)20(24,25)30/h2-7,12H,8,10-11,26,30H2,1H3. The highest BCUT2D eigenvalue weighted by atomic mass is 31.0. The number of alkyl halides is 5. The van der Waals surface area contributed by atoms with Gasteiger partial charge < -0.3 is 15.2 Å². The van der Waals surface area contributed by atoms with E-state index in [0.29, 0.717) is 0 Å². The van der Waals surface area contributed by atoms with Gasteiger partial charge in [0.1, 0.15) is 11.5 Å². The summed E-state index contributed by atoms with van der Waals surface area (Å²) in [5.41, 5.74) is 0.532. The van der Waals surface area contributed by atoms with Gasteiger partial charge >= 0.3 is 6.18 Å². The highest BCUT2D eigenvalue weighted by Gasteiger charge is 2.33. The molecule has 0 aliphatic carbocycles. The number of rotatable bonds is 8. The van der Waals surface area contributed by atoms with Crippen molar-refractivity contribution in [3.63, 3.8) is 0 Å². The molecule has 0 saturated heterocycles. The Morgan fingerprint density at radius 2 is 1.53 bits per heavy atom. The van der Waals surface area contributed by atoms with E-state index >= 15 is 0 Å². The van der Waals surface area contributed by atoms with Gasteiger partial charge in [0.2, 0.25) is 0 Å². The minimum Gasteiger partial charge on any atom is -0.493 e. The molecule has 0 heterocycles. The lowest BCUT2D eigenvalue weighted by Crippen LogP contribution is -2.18. The van der Waals surface area contributed by atoms with Crippen molar-refractivity contribution in [2.24, 2.45) is 11.7 Å². The fourth-order valence-electron chi connectivity index (χ4n) is 2.60. The molecule has 2 unspecified atom stereocenters. The van der Waals surface area contributed by atoms with Gasteiger partial charge in [0.25, 0.3) is 5.66 Å². The largest absolute Gasteiger partial charge is 0.493 e. The third kappa shape index (κ3) is 6.28. The van der Waals surface area contributed by atoms with Gasteiger partial charge in [0.15, 0.2) is 0 Å². The van der Waals surface area contributed by atoms with E-state index in [1.807, 2.05) is 0 Å². The summed E-state index contributed by atoms with van der Waals surface area (Å²) in [4.78, 5) is 0. The zero-order valence-electron chi connectivity index (χ0n) is 16.0. The van der Waals surface area contributed by atoms with E-state index < -0.39 is 23.0 Å². The number of hydrogen-bond donors (Lipinski definition) is 1. The van der Waals surface area contributed by atoms with Crippen LogP contribution in [0.4, 0.5) is 22.0 Å². The maximum atomic E-state index is 13.6. The second kappa shape index (κ2) is 9.59. The van der Waals surface area contributed by atoms with Crippen LogP contribution in [-0.4, -0.2) is 13.2 Å². The number of nitriles is 1. The van der Waals surface area contributed by atoms with Crippen LogP contribution in [-0.2, 0) is 18.4 Å². The molecule has 0 saturated carbocycles. The molecule has 2 atom stereocenters. The smallest absolute Gasteiger partial charge is 0.416 e. The third-order valence-electron chi connectivity index (χ3n) is 4.15. The third-order valence-corrected chi connectivity index (χ3v) is 4.46. The Hall–Kier alpha value is -2.43. The van der Waals surface area contributed by atoms with Crippen LogP contribution in [0.15, 0.2) is 36.4 Å². The lowest BCUT2D eigenvalue weighted by molar-refractivity contribution is -0.138. The second-order valence-corrected chi connectivity index (χ2v) is 7.42. The Morgan fingerprint density at radius 1 is 1.00 bits per heavy atom. The summed E-state index contributed by atoms with van der Waals surface area (Å²) in [5, 5.41) is 8.94. The van der Waals surface area contributed by atoms with Crippen LogP contribution >= 0.6 is 9.24 Å². The zero-order chi connectivity index (χ0) is 22.5. The Kier molecular flexibility index (Phi) is 7.62. The number of halogens is 5. The quantitative estimate of drug-likeness (QED) is 0.455. The SMILES string of the molecule is CC(COc1ccc(CN)c(C(F)(F)F)c1)COc1ccc(C#N)c(C(F)(F)P)c1. The molecule has 0 amide bonds. The molecule has 2 rings (SSSR count). The summed E-state index contributed by atoms with van der Waals surface area (Å²) in [5.74, 6) is -0.0801. The molecule has 2 aromatic carbocycles. The minimum absolute atomic E-state index is 0.0336. The predicted octanol–water partition coefficient (Wildman–Crippen LogP) is 5.05. The summed E-state index contributed by atoms with van der Waals surface area (Å²) in [6.07, 6.45) is -4.55. The summed E-state index contributed by atoms with van der Waals surface area (Å²) in [6.45, 7) is 1.60. The van der Waals surface area contributed by atoms with Gasteiger partial charge in [-0.1, -0.05) is 22.2 Å². The van der Waals surface area contributed by atoms with E-state index in [1.54, 1.807) is 13.0 Å². The topological polar surface area (TPSA) is 68.3 Å². The molecular weight excluding hydrogens is 426 g/mol.